The second-order valence-corrected chi connectivity index (χ2v) is 6.86. The number of hydrazone groups is 1. The molecule has 0 aromatic heterocycles. The van der Waals surface area contributed by atoms with Gasteiger partial charge in [-0.2, -0.15) is 5.10 Å². The van der Waals surface area contributed by atoms with Crippen molar-refractivity contribution in [1.29, 1.82) is 0 Å². The van der Waals surface area contributed by atoms with Gasteiger partial charge in [-0.3, -0.25) is 9.59 Å². The lowest BCUT2D eigenvalue weighted by Crippen LogP contribution is -2.21. The Morgan fingerprint density at radius 3 is 2.42 bits per heavy atom. The van der Waals surface area contributed by atoms with Crippen LogP contribution in [0.1, 0.15) is 23.7 Å². The number of carbonyl (C=O) groups is 2. The van der Waals surface area contributed by atoms with Gasteiger partial charge in [0.05, 0.1) is 6.42 Å². The number of anilines is 1. The molecular formula is C17H15Br2N3O2. The second-order valence-electron chi connectivity index (χ2n) is 5.03. The summed E-state index contributed by atoms with van der Waals surface area (Å²) in [5.41, 5.74) is 4.14. The van der Waals surface area contributed by atoms with E-state index in [0.29, 0.717) is 17.0 Å². The number of rotatable bonds is 5. The van der Waals surface area contributed by atoms with Crippen LogP contribution in [0.15, 0.2) is 62.6 Å². The fraction of sp³-hybridized carbons (Fsp3) is 0.118. The zero-order valence-electron chi connectivity index (χ0n) is 12.8. The number of benzene rings is 2. The molecule has 0 aliphatic heterocycles. The summed E-state index contributed by atoms with van der Waals surface area (Å²) in [6.45, 7) is 1.68. The highest BCUT2D eigenvalue weighted by Crippen LogP contribution is 2.14. The molecule has 124 valence electrons. The fourth-order valence-corrected chi connectivity index (χ4v) is 2.51. The maximum Gasteiger partial charge on any atom is 0.271 e. The SMILES string of the molecule is C/C(CC(=O)Nc1ccc(Br)cc1)=N\NC(=O)c1cccc(Br)c1. The van der Waals surface area contributed by atoms with Crippen LogP contribution < -0.4 is 10.7 Å². The predicted molar refractivity (Wildman–Crippen MR) is 102 cm³/mol. The van der Waals surface area contributed by atoms with Gasteiger partial charge in [0, 0.05) is 25.9 Å². The van der Waals surface area contributed by atoms with E-state index >= 15 is 0 Å². The summed E-state index contributed by atoms with van der Waals surface area (Å²) in [7, 11) is 0. The quantitative estimate of drug-likeness (QED) is 0.523. The third-order valence-corrected chi connectivity index (χ3v) is 4.00. The molecule has 0 saturated carbocycles. The summed E-state index contributed by atoms with van der Waals surface area (Å²) >= 11 is 6.64. The molecule has 0 saturated heterocycles. The summed E-state index contributed by atoms with van der Waals surface area (Å²) < 4.78 is 1.75. The van der Waals surface area contributed by atoms with Crippen molar-refractivity contribution >= 4 is 55.1 Å². The van der Waals surface area contributed by atoms with Gasteiger partial charge in [0.15, 0.2) is 0 Å². The molecule has 0 fully saturated rings. The minimum Gasteiger partial charge on any atom is -0.326 e. The van der Waals surface area contributed by atoms with Crippen LogP contribution in [0.25, 0.3) is 0 Å². The molecule has 0 unspecified atom stereocenters. The average Bonchev–Trinajstić information content (AvgIpc) is 2.54. The average molecular weight is 453 g/mol. The first-order valence-corrected chi connectivity index (χ1v) is 8.67. The van der Waals surface area contributed by atoms with Crippen molar-refractivity contribution in [3.05, 3.63) is 63.0 Å². The summed E-state index contributed by atoms with van der Waals surface area (Å²) in [4.78, 5) is 23.9. The summed E-state index contributed by atoms with van der Waals surface area (Å²) in [6.07, 6.45) is 0.0921. The van der Waals surface area contributed by atoms with Gasteiger partial charge in [0.2, 0.25) is 5.91 Å². The van der Waals surface area contributed by atoms with Gasteiger partial charge in [-0.15, -0.1) is 0 Å². The molecule has 0 atom stereocenters. The summed E-state index contributed by atoms with van der Waals surface area (Å²) in [5.74, 6) is -0.528. The first-order valence-electron chi connectivity index (χ1n) is 7.08. The maximum atomic E-state index is 12.0. The van der Waals surface area contributed by atoms with Crippen molar-refractivity contribution in [1.82, 2.24) is 5.43 Å². The van der Waals surface area contributed by atoms with Crippen molar-refractivity contribution in [2.24, 2.45) is 5.10 Å². The third-order valence-electron chi connectivity index (χ3n) is 2.98. The summed E-state index contributed by atoms with van der Waals surface area (Å²) in [6, 6.07) is 14.3. The standard InChI is InChI=1S/C17H15Br2N3O2/c1-11(9-16(23)20-15-7-5-13(18)6-8-15)21-22-17(24)12-3-2-4-14(19)10-12/h2-8,10H,9H2,1H3,(H,20,23)(H,22,24)/b21-11+. The first kappa shape index (κ1) is 18.4. The van der Waals surface area contributed by atoms with Crippen LogP contribution in [0.4, 0.5) is 5.69 Å². The van der Waals surface area contributed by atoms with Gasteiger partial charge in [-0.05, 0) is 49.4 Å². The number of nitrogens with one attached hydrogen (secondary N) is 2. The molecule has 24 heavy (non-hydrogen) atoms. The van der Waals surface area contributed by atoms with Crippen molar-refractivity contribution in [2.45, 2.75) is 13.3 Å². The Hall–Kier alpha value is -1.99. The van der Waals surface area contributed by atoms with Gasteiger partial charge >= 0.3 is 0 Å². The molecule has 2 N–H and O–H groups in total. The van der Waals surface area contributed by atoms with Gasteiger partial charge in [-0.1, -0.05) is 37.9 Å². The van der Waals surface area contributed by atoms with E-state index in [1.54, 1.807) is 37.3 Å². The normalized spacial score (nSPS) is 11.0. The zero-order valence-corrected chi connectivity index (χ0v) is 16.0. The lowest BCUT2D eigenvalue weighted by molar-refractivity contribution is -0.115. The maximum absolute atomic E-state index is 12.0. The van der Waals surface area contributed by atoms with Crippen molar-refractivity contribution in [3.63, 3.8) is 0 Å². The highest BCUT2D eigenvalue weighted by atomic mass is 79.9. The van der Waals surface area contributed by atoms with E-state index in [1.165, 1.54) is 0 Å². The monoisotopic (exact) mass is 451 g/mol. The van der Waals surface area contributed by atoms with E-state index in [4.69, 9.17) is 0 Å². The van der Waals surface area contributed by atoms with E-state index < -0.39 is 0 Å². The van der Waals surface area contributed by atoms with Crippen LogP contribution in [-0.4, -0.2) is 17.5 Å². The molecule has 2 rings (SSSR count). The predicted octanol–water partition coefficient (Wildman–Crippen LogP) is 4.35. The van der Waals surface area contributed by atoms with E-state index in [2.05, 4.69) is 47.7 Å². The molecule has 0 aliphatic carbocycles. The summed E-state index contributed by atoms with van der Waals surface area (Å²) in [5, 5.41) is 6.73. The van der Waals surface area contributed by atoms with Crippen LogP contribution in [-0.2, 0) is 4.79 Å². The number of carbonyl (C=O) groups excluding carboxylic acids is 2. The minimum atomic E-state index is -0.330. The van der Waals surface area contributed by atoms with Crippen LogP contribution in [0.3, 0.4) is 0 Å². The Labute approximate surface area is 156 Å². The molecule has 0 aliphatic rings. The topological polar surface area (TPSA) is 70.6 Å². The van der Waals surface area contributed by atoms with Gasteiger partial charge in [0.25, 0.3) is 5.91 Å². The lowest BCUT2D eigenvalue weighted by atomic mass is 10.2. The Kier molecular flexibility index (Phi) is 6.69. The number of hydrogen-bond donors (Lipinski definition) is 2. The Morgan fingerprint density at radius 2 is 1.75 bits per heavy atom. The van der Waals surface area contributed by atoms with E-state index in [-0.39, 0.29) is 18.2 Å². The van der Waals surface area contributed by atoms with E-state index in [0.717, 1.165) is 8.95 Å². The molecule has 2 aromatic rings. The Bertz CT molecular complexity index is 774. The van der Waals surface area contributed by atoms with Crippen molar-refractivity contribution < 1.29 is 9.59 Å². The second kappa shape index (κ2) is 8.75. The third kappa shape index (κ3) is 5.90. The number of halogens is 2. The van der Waals surface area contributed by atoms with Crippen molar-refractivity contribution in [3.8, 4) is 0 Å². The molecule has 2 amide bonds. The number of hydrogen-bond acceptors (Lipinski definition) is 3. The molecule has 0 heterocycles. The zero-order chi connectivity index (χ0) is 17.5. The molecule has 0 bridgehead atoms. The molecule has 5 nitrogen and oxygen atoms in total. The molecule has 0 radical (unpaired) electrons. The van der Waals surface area contributed by atoms with Gasteiger partial charge in [-0.25, -0.2) is 5.43 Å². The number of amides is 2. The van der Waals surface area contributed by atoms with Gasteiger partial charge < -0.3 is 5.32 Å². The molecule has 0 spiro atoms. The number of nitrogens with zero attached hydrogens (tertiary/aromatic N) is 1. The molecular weight excluding hydrogens is 438 g/mol. The van der Waals surface area contributed by atoms with Crippen LogP contribution in [0.2, 0.25) is 0 Å². The van der Waals surface area contributed by atoms with E-state index in [9.17, 15) is 9.59 Å². The Morgan fingerprint density at radius 1 is 1.04 bits per heavy atom. The van der Waals surface area contributed by atoms with E-state index in [1.807, 2.05) is 18.2 Å². The highest BCUT2D eigenvalue weighted by Gasteiger charge is 2.07. The van der Waals surface area contributed by atoms with Gasteiger partial charge in [0.1, 0.15) is 0 Å². The Balaban J connectivity index is 1.87. The molecule has 2 aromatic carbocycles. The van der Waals surface area contributed by atoms with Crippen molar-refractivity contribution in [2.75, 3.05) is 5.32 Å². The molecule has 7 heteroatoms. The minimum absolute atomic E-state index is 0.0921. The highest BCUT2D eigenvalue weighted by molar-refractivity contribution is 9.10. The smallest absolute Gasteiger partial charge is 0.271 e. The lowest BCUT2D eigenvalue weighted by Gasteiger charge is -2.06. The van der Waals surface area contributed by atoms with Crippen LogP contribution in [0.5, 0.6) is 0 Å². The van der Waals surface area contributed by atoms with Crippen LogP contribution >= 0.6 is 31.9 Å². The largest absolute Gasteiger partial charge is 0.326 e. The first-order chi connectivity index (χ1) is 11.4. The van der Waals surface area contributed by atoms with Crippen LogP contribution in [0, 0.1) is 0 Å². The fourth-order valence-electron chi connectivity index (χ4n) is 1.85.